The van der Waals surface area contributed by atoms with Crippen LogP contribution < -0.4 is 11.1 Å². The van der Waals surface area contributed by atoms with Crippen LogP contribution in [0.5, 0.6) is 0 Å². The summed E-state index contributed by atoms with van der Waals surface area (Å²) in [7, 11) is 1.94. The number of benzene rings is 1. The first kappa shape index (κ1) is 15.1. The molecule has 1 aliphatic rings. The molecule has 0 radical (unpaired) electrons. The average Bonchev–Trinajstić information content (AvgIpc) is 2.94. The highest BCUT2D eigenvalue weighted by Gasteiger charge is 2.27. The Morgan fingerprint density at radius 3 is 2.95 bits per heavy atom. The molecule has 1 aromatic rings. The number of ether oxygens (including phenoxy) is 1. The summed E-state index contributed by atoms with van der Waals surface area (Å²) in [6, 6.07) is 5.07. The van der Waals surface area contributed by atoms with Gasteiger partial charge in [-0.2, -0.15) is 0 Å². The summed E-state index contributed by atoms with van der Waals surface area (Å²) >= 11 is 6.06. The maximum atomic E-state index is 12.3. The zero-order chi connectivity index (χ0) is 14.7. The predicted octanol–water partition coefficient (Wildman–Crippen LogP) is 1.97. The number of carbonyl (C=O) groups is 1. The number of halogens is 1. The van der Waals surface area contributed by atoms with Gasteiger partial charge in [0.1, 0.15) is 0 Å². The van der Waals surface area contributed by atoms with Gasteiger partial charge in [-0.3, -0.25) is 9.69 Å². The highest BCUT2D eigenvalue weighted by atomic mass is 35.5. The lowest BCUT2D eigenvalue weighted by molar-refractivity contribution is -0.121. The number of nitrogens with one attached hydrogen (secondary N) is 1. The van der Waals surface area contributed by atoms with Gasteiger partial charge in [-0.15, -0.1) is 0 Å². The molecule has 0 aromatic heterocycles. The van der Waals surface area contributed by atoms with Crippen LogP contribution in [0, 0.1) is 0 Å². The van der Waals surface area contributed by atoms with Crippen molar-refractivity contribution in [3.8, 4) is 0 Å². The van der Waals surface area contributed by atoms with Gasteiger partial charge in [0.25, 0.3) is 0 Å². The summed E-state index contributed by atoms with van der Waals surface area (Å²) in [5.41, 5.74) is 6.78. The first-order valence-corrected chi connectivity index (χ1v) is 7.02. The van der Waals surface area contributed by atoms with Crippen LogP contribution in [0.15, 0.2) is 18.2 Å². The van der Waals surface area contributed by atoms with Crippen molar-refractivity contribution in [2.45, 2.75) is 25.4 Å². The van der Waals surface area contributed by atoms with Gasteiger partial charge in [0, 0.05) is 18.3 Å². The van der Waals surface area contributed by atoms with Gasteiger partial charge >= 0.3 is 0 Å². The number of hydrogen-bond donors (Lipinski definition) is 2. The first-order chi connectivity index (χ1) is 9.49. The predicted molar refractivity (Wildman–Crippen MR) is 80.9 cm³/mol. The maximum Gasteiger partial charge on any atom is 0.241 e. The molecule has 2 atom stereocenters. The summed E-state index contributed by atoms with van der Waals surface area (Å²) in [6.45, 7) is 3.31. The Kier molecular flexibility index (Phi) is 4.86. The summed E-state index contributed by atoms with van der Waals surface area (Å²) in [4.78, 5) is 14.3. The molecule has 1 saturated heterocycles. The van der Waals surface area contributed by atoms with Crippen LogP contribution >= 0.6 is 11.6 Å². The Labute approximate surface area is 124 Å². The zero-order valence-electron chi connectivity index (χ0n) is 11.7. The van der Waals surface area contributed by atoms with E-state index in [4.69, 9.17) is 22.1 Å². The third kappa shape index (κ3) is 3.42. The molecule has 0 bridgehead atoms. The molecule has 1 heterocycles. The van der Waals surface area contributed by atoms with Crippen molar-refractivity contribution < 1.29 is 9.53 Å². The molecule has 2 unspecified atom stereocenters. The third-order valence-electron chi connectivity index (χ3n) is 3.72. The van der Waals surface area contributed by atoms with Crippen molar-refractivity contribution in [2.24, 2.45) is 0 Å². The monoisotopic (exact) mass is 297 g/mol. The highest BCUT2D eigenvalue weighted by Crippen LogP contribution is 2.24. The first-order valence-electron chi connectivity index (χ1n) is 6.64. The zero-order valence-corrected chi connectivity index (χ0v) is 12.5. The van der Waals surface area contributed by atoms with E-state index in [9.17, 15) is 4.79 Å². The van der Waals surface area contributed by atoms with E-state index in [-0.39, 0.29) is 18.0 Å². The van der Waals surface area contributed by atoms with E-state index in [1.165, 1.54) is 0 Å². The number of amides is 1. The number of nitrogens with two attached hydrogens (primary N) is 1. The van der Waals surface area contributed by atoms with Crippen LogP contribution in [-0.2, 0) is 9.53 Å². The summed E-state index contributed by atoms with van der Waals surface area (Å²) in [5, 5.41) is 3.27. The van der Waals surface area contributed by atoms with Crippen LogP contribution in [0.25, 0.3) is 0 Å². The van der Waals surface area contributed by atoms with Gasteiger partial charge in [0.15, 0.2) is 0 Å². The lowest BCUT2D eigenvalue weighted by atomic mass is 10.1. The molecular formula is C14H20ClN3O2. The van der Waals surface area contributed by atoms with E-state index in [1.807, 2.05) is 18.9 Å². The summed E-state index contributed by atoms with van der Waals surface area (Å²) in [6.07, 6.45) is 0.955. The Morgan fingerprint density at radius 1 is 1.60 bits per heavy atom. The fraction of sp³-hybridized carbons (Fsp3) is 0.500. The average molecular weight is 298 g/mol. The molecule has 1 aliphatic heterocycles. The molecule has 6 heteroatoms. The Balaban J connectivity index is 1.99. The van der Waals surface area contributed by atoms with Crippen molar-refractivity contribution in [2.75, 3.05) is 31.3 Å². The standard InChI is InChI=1S/C14H20ClN3O2/c1-9(18(2)11-5-6-20-8-11)14(19)17-13-4-3-10(16)7-12(13)15/h3-4,7,9,11H,5-6,8,16H2,1-2H3,(H,17,19). The molecular weight excluding hydrogens is 278 g/mol. The van der Waals surface area contributed by atoms with Crippen LogP contribution in [0.1, 0.15) is 13.3 Å². The number of anilines is 2. The molecule has 5 nitrogen and oxygen atoms in total. The number of nitrogens with zero attached hydrogens (tertiary/aromatic N) is 1. The Morgan fingerprint density at radius 2 is 2.35 bits per heavy atom. The van der Waals surface area contributed by atoms with Crippen molar-refractivity contribution in [1.82, 2.24) is 4.90 Å². The normalized spacial score (nSPS) is 20.1. The Hall–Kier alpha value is -1.30. The third-order valence-corrected chi connectivity index (χ3v) is 4.04. The fourth-order valence-electron chi connectivity index (χ4n) is 2.21. The van der Waals surface area contributed by atoms with E-state index in [2.05, 4.69) is 5.32 Å². The summed E-state index contributed by atoms with van der Waals surface area (Å²) in [5.74, 6) is -0.0916. The topological polar surface area (TPSA) is 67.6 Å². The van der Waals surface area contributed by atoms with E-state index in [1.54, 1.807) is 18.2 Å². The minimum Gasteiger partial charge on any atom is -0.399 e. The largest absolute Gasteiger partial charge is 0.399 e. The minimum atomic E-state index is -0.254. The van der Waals surface area contributed by atoms with Crippen LogP contribution in [-0.4, -0.2) is 43.2 Å². The fourth-order valence-corrected chi connectivity index (χ4v) is 2.45. The SMILES string of the molecule is CC(C(=O)Nc1ccc(N)cc1Cl)N(C)C1CCOC1. The van der Waals surface area contributed by atoms with E-state index < -0.39 is 0 Å². The summed E-state index contributed by atoms with van der Waals surface area (Å²) < 4.78 is 5.35. The molecule has 0 saturated carbocycles. The molecule has 1 aromatic carbocycles. The van der Waals surface area contributed by atoms with Crippen molar-refractivity contribution in [3.63, 3.8) is 0 Å². The molecule has 1 fully saturated rings. The lowest BCUT2D eigenvalue weighted by Gasteiger charge is -2.28. The van der Waals surface area contributed by atoms with Gasteiger partial charge in [-0.1, -0.05) is 11.6 Å². The van der Waals surface area contributed by atoms with Crippen molar-refractivity contribution in [3.05, 3.63) is 23.2 Å². The Bertz CT molecular complexity index is 489. The van der Waals surface area contributed by atoms with Crippen molar-refractivity contribution >= 4 is 28.9 Å². The van der Waals surface area contributed by atoms with E-state index in [0.29, 0.717) is 23.0 Å². The second kappa shape index (κ2) is 6.43. The van der Waals surface area contributed by atoms with Gasteiger partial charge in [-0.05, 0) is 38.6 Å². The quantitative estimate of drug-likeness (QED) is 0.834. The smallest absolute Gasteiger partial charge is 0.241 e. The molecule has 0 spiro atoms. The van der Waals surface area contributed by atoms with Gasteiger partial charge in [0.2, 0.25) is 5.91 Å². The molecule has 110 valence electrons. The number of likely N-dealkylation sites (N-methyl/N-ethyl adjacent to an activating group) is 1. The molecule has 20 heavy (non-hydrogen) atoms. The van der Waals surface area contributed by atoms with Crippen LogP contribution in [0.2, 0.25) is 5.02 Å². The van der Waals surface area contributed by atoms with Crippen LogP contribution in [0.3, 0.4) is 0 Å². The molecule has 3 N–H and O–H groups in total. The number of nitrogen functional groups attached to an aromatic ring is 1. The number of carbonyl (C=O) groups excluding carboxylic acids is 1. The lowest BCUT2D eigenvalue weighted by Crippen LogP contribution is -2.45. The second-order valence-electron chi connectivity index (χ2n) is 5.09. The van der Waals surface area contributed by atoms with Crippen LogP contribution in [0.4, 0.5) is 11.4 Å². The second-order valence-corrected chi connectivity index (χ2v) is 5.49. The van der Waals surface area contributed by atoms with Gasteiger partial charge < -0.3 is 15.8 Å². The molecule has 0 aliphatic carbocycles. The number of rotatable bonds is 4. The van der Waals surface area contributed by atoms with E-state index >= 15 is 0 Å². The maximum absolute atomic E-state index is 12.3. The van der Waals surface area contributed by atoms with Gasteiger partial charge in [-0.25, -0.2) is 0 Å². The number of hydrogen-bond acceptors (Lipinski definition) is 4. The van der Waals surface area contributed by atoms with E-state index in [0.717, 1.165) is 13.0 Å². The minimum absolute atomic E-state index is 0.0916. The van der Waals surface area contributed by atoms with Crippen molar-refractivity contribution in [1.29, 1.82) is 0 Å². The highest BCUT2D eigenvalue weighted by molar-refractivity contribution is 6.34. The van der Waals surface area contributed by atoms with Gasteiger partial charge in [0.05, 0.1) is 23.4 Å². The molecule has 2 rings (SSSR count). The molecule has 1 amide bonds.